The van der Waals surface area contributed by atoms with Gasteiger partial charge in [-0.25, -0.2) is 0 Å². The van der Waals surface area contributed by atoms with Crippen molar-refractivity contribution in [3.63, 3.8) is 0 Å². The third-order valence-electron chi connectivity index (χ3n) is 6.07. The lowest BCUT2D eigenvalue weighted by atomic mass is 9.89. The maximum Gasteiger partial charge on any atom is 0.416 e. The van der Waals surface area contributed by atoms with E-state index in [9.17, 15) is 31.1 Å². The molecule has 1 unspecified atom stereocenters. The van der Waals surface area contributed by atoms with Crippen molar-refractivity contribution in [3.8, 4) is 11.5 Å². The number of nitrogens with zero attached hydrogens (tertiary/aromatic N) is 1. The fourth-order valence-electron chi connectivity index (χ4n) is 3.99. The summed E-state index contributed by atoms with van der Waals surface area (Å²) >= 11 is 0. The molecule has 1 aliphatic rings. The molecule has 0 spiro atoms. The molecule has 2 aromatic carbocycles. The predicted octanol–water partition coefficient (Wildman–Crippen LogP) is 10.9. The van der Waals surface area contributed by atoms with E-state index in [1.165, 1.54) is 24.7 Å². The van der Waals surface area contributed by atoms with E-state index in [1.54, 1.807) is 19.1 Å². The smallest absolute Gasteiger partial charge is 0.416 e. The van der Waals surface area contributed by atoms with Gasteiger partial charge in [0.2, 0.25) is 0 Å². The largest absolute Gasteiger partial charge is 0.497 e. The average molecular weight is 622 g/mol. The van der Waals surface area contributed by atoms with Crippen molar-refractivity contribution < 1.29 is 40.6 Å². The molecule has 1 atom stereocenters. The van der Waals surface area contributed by atoms with Gasteiger partial charge in [0.25, 0.3) is 5.91 Å². The summed E-state index contributed by atoms with van der Waals surface area (Å²) in [6, 6.07) is 3.76. The van der Waals surface area contributed by atoms with Crippen molar-refractivity contribution >= 4 is 5.91 Å². The molecule has 0 bridgehead atoms. The predicted molar refractivity (Wildman–Crippen MR) is 163 cm³/mol. The summed E-state index contributed by atoms with van der Waals surface area (Å²) in [6.07, 6.45) is -8.23. The van der Waals surface area contributed by atoms with Crippen LogP contribution in [0.2, 0.25) is 0 Å². The highest BCUT2D eigenvalue weighted by Crippen LogP contribution is 2.42. The van der Waals surface area contributed by atoms with Crippen molar-refractivity contribution in [2.75, 3.05) is 20.8 Å². The van der Waals surface area contributed by atoms with E-state index >= 15 is 0 Å². The van der Waals surface area contributed by atoms with Gasteiger partial charge in [0.1, 0.15) is 11.5 Å². The van der Waals surface area contributed by atoms with Crippen molar-refractivity contribution in [3.05, 3.63) is 70.3 Å². The van der Waals surface area contributed by atoms with Crippen LogP contribution in [0.25, 0.3) is 0 Å². The van der Waals surface area contributed by atoms with Gasteiger partial charge >= 0.3 is 12.4 Å². The first-order valence-corrected chi connectivity index (χ1v) is 14.7. The molecular weight excluding hydrogens is 572 g/mol. The molecule has 1 aliphatic heterocycles. The van der Waals surface area contributed by atoms with Crippen molar-refractivity contribution in [1.82, 2.24) is 4.90 Å². The van der Waals surface area contributed by atoms with Gasteiger partial charge in [-0.1, -0.05) is 61.0 Å². The minimum atomic E-state index is -5.03. The number of halogens is 6. The molecule has 0 aliphatic carbocycles. The number of rotatable bonds is 5. The van der Waals surface area contributed by atoms with Gasteiger partial charge in [0.15, 0.2) is 0 Å². The molecule has 43 heavy (non-hydrogen) atoms. The number of hydrogen-bond acceptors (Lipinski definition) is 3. The van der Waals surface area contributed by atoms with Gasteiger partial charge < -0.3 is 14.4 Å². The van der Waals surface area contributed by atoms with E-state index in [2.05, 4.69) is 13.5 Å². The van der Waals surface area contributed by atoms with E-state index in [0.29, 0.717) is 42.0 Å². The first-order chi connectivity index (χ1) is 20.2. The number of ether oxygens (including phenoxy) is 2. The molecule has 2 aromatic rings. The first-order valence-electron chi connectivity index (χ1n) is 14.7. The Bertz CT molecular complexity index is 1080. The van der Waals surface area contributed by atoms with E-state index < -0.39 is 41.0 Å². The van der Waals surface area contributed by atoms with E-state index in [0.717, 1.165) is 12.0 Å². The molecule has 246 valence electrons. The zero-order chi connectivity index (χ0) is 34.1. The first kappa shape index (κ1) is 42.0. The molecule has 0 saturated heterocycles. The standard InChI is InChI=1S/C22H21F6NO3.C5H10.3C2H6/c1-4-17-19-12(9-16(31-2)11-18(19)32-3)5-6-29(17)20(30)13-7-14(21(23,24)25)10-15(8-13)22(26,27)28;1-4-5(2)3;3*1-2/h7-11,17H,4-6H2,1-3H3;2,4H2,1,3H3;3*1-2H3. The Morgan fingerprint density at radius 2 is 1.33 bits per heavy atom. The van der Waals surface area contributed by atoms with Gasteiger partial charge in [-0.3, -0.25) is 4.79 Å². The fraction of sp³-hybridized carbons (Fsp3) is 0.545. The summed E-state index contributed by atoms with van der Waals surface area (Å²) in [7, 11) is 2.92. The van der Waals surface area contributed by atoms with E-state index in [4.69, 9.17) is 9.47 Å². The van der Waals surface area contributed by atoms with Crippen LogP contribution in [-0.4, -0.2) is 31.6 Å². The van der Waals surface area contributed by atoms with Gasteiger partial charge in [-0.15, -0.1) is 6.58 Å². The summed E-state index contributed by atoms with van der Waals surface area (Å²) in [5, 5.41) is 0. The Hall–Kier alpha value is -3.17. The lowest BCUT2D eigenvalue weighted by Gasteiger charge is -2.38. The van der Waals surface area contributed by atoms with Crippen LogP contribution in [-0.2, 0) is 18.8 Å². The Balaban J connectivity index is 0. The summed E-state index contributed by atoms with van der Waals surface area (Å²) in [5.74, 6) is 0.0728. The van der Waals surface area contributed by atoms with Crippen LogP contribution in [0.15, 0.2) is 42.5 Å². The zero-order valence-corrected chi connectivity index (χ0v) is 27.4. The number of amides is 1. The number of benzene rings is 2. The van der Waals surface area contributed by atoms with E-state index in [-0.39, 0.29) is 12.6 Å². The SMILES string of the molecule is C=C(C)CC.CC.CC.CC.CCC1c2c(cc(OC)cc2OC)CCN1C(=O)c1cc(C(F)(F)F)cc(C(F)(F)F)c1. The lowest BCUT2D eigenvalue weighted by molar-refractivity contribution is -0.143. The van der Waals surface area contributed by atoms with Crippen LogP contribution in [0.1, 0.15) is 114 Å². The maximum absolute atomic E-state index is 13.2. The molecule has 0 fully saturated rings. The van der Waals surface area contributed by atoms with Crippen LogP contribution < -0.4 is 9.47 Å². The molecule has 0 aromatic heterocycles. The van der Waals surface area contributed by atoms with Crippen molar-refractivity contribution in [2.45, 2.75) is 100.0 Å². The average Bonchev–Trinajstić information content (AvgIpc) is 3.01. The highest BCUT2D eigenvalue weighted by molar-refractivity contribution is 5.95. The Labute approximate surface area is 254 Å². The Morgan fingerprint density at radius 1 is 0.860 bits per heavy atom. The van der Waals surface area contributed by atoms with Crippen LogP contribution in [0.4, 0.5) is 26.3 Å². The second-order valence-corrected chi connectivity index (χ2v) is 8.68. The number of fused-ring (bicyclic) bond motifs is 1. The number of alkyl halides is 6. The molecule has 1 amide bonds. The van der Waals surface area contributed by atoms with Crippen LogP contribution in [0.3, 0.4) is 0 Å². The second kappa shape index (κ2) is 19.9. The summed E-state index contributed by atoms with van der Waals surface area (Å²) in [4.78, 5) is 14.5. The van der Waals surface area contributed by atoms with Crippen LogP contribution in [0.5, 0.6) is 11.5 Å². The topological polar surface area (TPSA) is 38.8 Å². The summed E-state index contributed by atoms with van der Waals surface area (Å²) in [5.41, 5.74) is -0.950. The van der Waals surface area contributed by atoms with Crippen molar-refractivity contribution in [1.29, 1.82) is 0 Å². The minimum absolute atomic E-state index is 0.00882. The lowest BCUT2D eigenvalue weighted by Crippen LogP contribution is -2.40. The fourth-order valence-corrected chi connectivity index (χ4v) is 3.99. The number of hydrogen-bond donors (Lipinski definition) is 0. The molecule has 0 N–H and O–H groups in total. The summed E-state index contributed by atoms with van der Waals surface area (Å²) < 4.78 is 90.1. The minimum Gasteiger partial charge on any atom is -0.497 e. The highest BCUT2D eigenvalue weighted by Gasteiger charge is 2.39. The van der Waals surface area contributed by atoms with Crippen LogP contribution >= 0.6 is 0 Å². The molecule has 0 radical (unpaired) electrons. The quantitative estimate of drug-likeness (QED) is 0.246. The van der Waals surface area contributed by atoms with E-state index in [1.807, 2.05) is 48.5 Å². The number of methoxy groups -OCH3 is 2. The third-order valence-corrected chi connectivity index (χ3v) is 6.07. The number of carbonyl (C=O) groups is 1. The molecule has 10 heteroatoms. The van der Waals surface area contributed by atoms with Gasteiger partial charge in [0, 0.05) is 23.7 Å². The second-order valence-electron chi connectivity index (χ2n) is 8.68. The van der Waals surface area contributed by atoms with Crippen LogP contribution in [0, 0.1) is 0 Å². The Morgan fingerprint density at radius 3 is 1.67 bits per heavy atom. The molecule has 1 heterocycles. The normalized spacial score (nSPS) is 13.6. The maximum atomic E-state index is 13.2. The number of carbonyl (C=O) groups excluding carboxylic acids is 1. The zero-order valence-electron chi connectivity index (χ0n) is 27.4. The Kier molecular flexibility index (Phi) is 19.4. The van der Waals surface area contributed by atoms with Gasteiger partial charge in [-0.05, 0) is 56.0 Å². The molecule has 4 nitrogen and oxygen atoms in total. The number of allylic oxidation sites excluding steroid dienone is 1. The highest BCUT2D eigenvalue weighted by atomic mass is 19.4. The molecule has 0 saturated carbocycles. The van der Waals surface area contributed by atoms with Gasteiger partial charge in [0.05, 0.1) is 31.4 Å². The molecule has 3 rings (SSSR count). The summed E-state index contributed by atoms with van der Waals surface area (Å²) in [6.45, 7) is 21.7. The monoisotopic (exact) mass is 621 g/mol. The van der Waals surface area contributed by atoms with Crippen molar-refractivity contribution in [2.24, 2.45) is 0 Å². The van der Waals surface area contributed by atoms with Gasteiger partial charge in [-0.2, -0.15) is 26.3 Å². The third kappa shape index (κ3) is 12.2. The molecular formula is C33H49F6NO3.